The molecule has 0 bridgehead atoms. The average molecular weight is 334 g/mol. The third kappa shape index (κ3) is 3.38. The molecule has 0 radical (unpaired) electrons. The van der Waals surface area contributed by atoms with E-state index in [2.05, 4.69) is 59.0 Å². The molecule has 2 nitrogen and oxygen atoms in total. The second kappa shape index (κ2) is 6.85. The first-order valence-corrected chi connectivity index (χ1v) is 8.91. The summed E-state index contributed by atoms with van der Waals surface area (Å²) in [6.07, 6.45) is 3.27. The Kier molecular flexibility index (Phi) is 4.41. The largest absolute Gasteiger partial charge is 0.350 e. The summed E-state index contributed by atoms with van der Waals surface area (Å²) in [6.45, 7) is 5.09. The smallest absolute Gasteiger partial charge is 0.123 e. The highest BCUT2D eigenvalue weighted by Crippen LogP contribution is 2.33. The van der Waals surface area contributed by atoms with Gasteiger partial charge in [0.25, 0.3) is 0 Å². The molecule has 1 unspecified atom stereocenters. The van der Waals surface area contributed by atoms with Gasteiger partial charge in [0.1, 0.15) is 5.82 Å². The number of fused-ring (bicyclic) bond motifs is 1. The van der Waals surface area contributed by atoms with E-state index in [-0.39, 0.29) is 11.9 Å². The standard InChI is InChI=1S/C22H23FN2/c1-17-5-2-6-18(15-17)16-25-14-4-13-24-12-3-7-21(24)22(25)19-8-10-20(23)11-9-19/h2-3,5-12,15,22H,4,13-14,16H2,1H3. The van der Waals surface area contributed by atoms with Gasteiger partial charge in [0, 0.05) is 31.5 Å². The van der Waals surface area contributed by atoms with Gasteiger partial charge in [-0.05, 0) is 48.7 Å². The van der Waals surface area contributed by atoms with Gasteiger partial charge in [-0.3, -0.25) is 4.90 Å². The van der Waals surface area contributed by atoms with Crippen LogP contribution in [0.4, 0.5) is 4.39 Å². The number of aromatic nitrogens is 1. The van der Waals surface area contributed by atoms with Crippen molar-refractivity contribution in [3.8, 4) is 0 Å². The number of rotatable bonds is 3. The van der Waals surface area contributed by atoms with Crippen LogP contribution in [0.3, 0.4) is 0 Å². The third-order valence-corrected chi connectivity index (χ3v) is 5.01. The van der Waals surface area contributed by atoms with Gasteiger partial charge in [-0.15, -0.1) is 0 Å². The van der Waals surface area contributed by atoms with Gasteiger partial charge in [0.15, 0.2) is 0 Å². The van der Waals surface area contributed by atoms with Crippen LogP contribution in [-0.4, -0.2) is 16.0 Å². The van der Waals surface area contributed by atoms with Gasteiger partial charge in [-0.25, -0.2) is 4.39 Å². The Labute approximate surface area is 148 Å². The fourth-order valence-corrected chi connectivity index (χ4v) is 3.88. The summed E-state index contributed by atoms with van der Waals surface area (Å²) in [7, 11) is 0. The third-order valence-electron chi connectivity index (χ3n) is 5.01. The Bertz CT molecular complexity index is 850. The van der Waals surface area contributed by atoms with Gasteiger partial charge in [-0.1, -0.05) is 42.0 Å². The summed E-state index contributed by atoms with van der Waals surface area (Å²) in [5, 5.41) is 0. The maximum Gasteiger partial charge on any atom is 0.123 e. The highest BCUT2D eigenvalue weighted by molar-refractivity contribution is 5.31. The molecule has 1 atom stereocenters. The van der Waals surface area contributed by atoms with Gasteiger partial charge >= 0.3 is 0 Å². The molecular formula is C22H23FN2. The number of benzene rings is 2. The lowest BCUT2D eigenvalue weighted by molar-refractivity contribution is 0.220. The molecule has 0 N–H and O–H groups in total. The van der Waals surface area contributed by atoms with Crippen LogP contribution in [0.2, 0.25) is 0 Å². The monoisotopic (exact) mass is 334 g/mol. The lowest BCUT2D eigenvalue weighted by atomic mass is 10.0. The van der Waals surface area contributed by atoms with Gasteiger partial charge < -0.3 is 4.57 Å². The Hall–Kier alpha value is -2.39. The molecule has 0 saturated heterocycles. The molecule has 128 valence electrons. The molecule has 1 aliphatic heterocycles. The molecule has 25 heavy (non-hydrogen) atoms. The van der Waals surface area contributed by atoms with Crippen molar-refractivity contribution in [1.29, 1.82) is 0 Å². The Morgan fingerprint density at radius 1 is 1.00 bits per heavy atom. The van der Waals surface area contributed by atoms with Crippen LogP contribution in [0.15, 0.2) is 66.9 Å². The van der Waals surface area contributed by atoms with E-state index in [1.165, 1.54) is 16.8 Å². The minimum Gasteiger partial charge on any atom is -0.350 e. The van der Waals surface area contributed by atoms with Crippen molar-refractivity contribution in [3.05, 3.63) is 95.1 Å². The first kappa shape index (κ1) is 16.1. The summed E-state index contributed by atoms with van der Waals surface area (Å²) in [5.74, 6) is -0.182. The zero-order valence-electron chi connectivity index (χ0n) is 14.5. The second-order valence-corrected chi connectivity index (χ2v) is 6.89. The maximum absolute atomic E-state index is 13.4. The minimum absolute atomic E-state index is 0.151. The Balaban J connectivity index is 1.73. The predicted molar refractivity (Wildman–Crippen MR) is 98.9 cm³/mol. The van der Waals surface area contributed by atoms with E-state index in [4.69, 9.17) is 0 Å². The van der Waals surface area contributed by atoms with E-state index in [1.54, 1.807) is 12.1 Å². The normalized spacial score (nSPS) is 17.9. The highest BCUT2D eigenvalue weighted by atomic mass is 19.1. The number of halogens is 1. The molecular weight excluding hydrogens is 311 g/mol. The zero-order chi connectivity index (χ0) is 17.2. The Morgan fingerprint density at radius 3 is 2.64 bits per heavy atom. The number of hydrogen-bond acceptors (Lipinski definition) is 1. The first-order chi connectivity index (χ1) is 12.2. The van der Waals surface area contributed by atoms with Crippen LogP contribution >= 0.6 is 0 Å². The van der Waals surface area contributed by atoms with Crippen molar-refractivity contribution in [1.82, 2.24) is 9.47 Å². The lowest BCUT2D eigenvalue weighted by Crippen LogP contribution is -2.29. The molecule has 3 aromatic rings. The lowest BCUT2D eigenvalue weighted by Gasteiger charge is -2.30. The van der Waals surface area contributed by atoms with Crippen LogP contribution in [0, 0.1) is 12.7 Å². The first-order valence-electron chi connectivity index (χ1n) is 8.91. The van der Waals surface area contributed by atoms with Crippen LogP contribution < -0.4 is 0 Å². The van der Waals surface area contributed by atoms with Crippen molar-refractivity contribution in [2.75, 3.05) is 6.54 Å². The fourth-order valence-electron chi connectivity index (χ4n) is 3.88. The molecule has 1 aliphatic rings. The molecule has 0 spiro atoms. The van der Waals surface area contributed by atoms with Gasteiger partial charge in [0.2, 0.25) is 0 Å². The Morgan fingerprint density at radius 2 is 1.84 bits per heavy atom. The number of aryl methyl sites for hydroxylation is 2. The fraction of sp³-hybridized carbons (Fsp3) is 0.273. The van der Waals surface area contributed by atoms with Crippen LogP contribution in [0.5, 0.6) is 0 Å². The summed E-state index contributed by atoms with van der Waals surface area (Å²) < 4.78 is 15.8. The zero-order valence-corrected chi connectivity index (χ0v) is 14.5. The molecule has 0 amide bonds. The molecule has 2 aromatic carbocycles. The van der Waals surface area contributed by atoms with Gasteiger partial charge in [-0.2, -0.15) is 0 Å². The molecule has 2 heterocycles. The van der Waals surface area contributed by atoms with E-state index in [9.17, 15) is 4.39 Å². The van der Waals surface area contributed by atoms with Crippen molar-refractivity contribution >= 4 is 0 Å². The van der Waals surface area contributed by atoms with Crippen molar-refractivity contribution in [2.24, 2.45) is 0 Å². The van der Waals surface area contributed by atoms with E-state index in [0.29, 0.717) is 0 Å². The van der Waals surface area contributed by atoms with E-state index in [0.717, 1.165) is 31.6 Å². The van der Waals surface area contributed by atoms with E-state index in [1.807, 2.05) is 12.1 Å². The number of hydrogen-bond donors (Lipinski definition) is 0. The maximum atomic E-state index is 13.4. The topological polar surface area (TPSA) is 8.17 Å². The molecule has 0 fully saturated rings. The summed E-state index contributed by atoms with van der Waals surface area (Å²) >= 11 is 0. The SMILES string of the molecule is Cc1cccc(CN2CCCn3cccc3C2c2ccc(F)cc2)c1. The van der Waals surface area contributed by atoms with E-state index >= 15 is 0 Å². The minimum atomic E-state index is -0.182. The van der Waals surface area contributed by atoms with Crippen molar-refractivity contribution in [3.63, 3.8) is 0 Å². The van der Waals surface area contributed by atoms with Gasteiger partial charge in [0.05, 0.1) is 6.04 Å². The summed E-state index contributed by atoms with van der Waals surface area (Å²) in [5.41, 5.74) is 5.05. The molecule has 4 rings (SSSR count). The summed E-state index contributed by atoms with van der Waals surface area (Å²) in [6, 6.07) is 20.1. The second-order valence-electron chi connectivity index (χ2n) is 6.89. The number of nitrogens with zero attached hydrogens (tertiary/aromatic N) is 2. The van der Waals surface area contributed by atoms with Crippen molar-refractivity contribution in [2.45, 2.75) is 32.5 Å². The van der Waals surface area contributed by atoms with E-state index < -0.39 is 0 Å². The molecule has 3 heteroatoms. The average Bonchev–Trinajstić information content (AvgIpc) is 2.98. The molecule has 0 saturated carbocycles. The summed E-state index contributed by atoms with van der Waals surface area (Å²) in [4.78, 5) is 2.51. The highest BCUT2D eigenvalue weighted by Gasteiger charge is 2.27. The molecule has 1 aromatic heterocycles. The van der Waals surface area contributed by atoms with Crippen molar-refractivity contribution < 1.29 is 4.39 Å². The van der Waals surface area contributed by atoms with Crippen LogP contribution in [0.1, 0.15) is 34.8 Å². The predicted octanol–water partition coefficient (Wildman–Crippen LogP) is 4.93. The van der Waals surface area contributed by atoms with Crippen LogP contribution in [0.25, 0.3) is 0 Å². The molecule has 0 aliphatic carbocycles. The van der Waals surface area contributed by atoms with Crippen LogP contribution in [-0.2, 0) is 13.1 Å². The quantitative estimate of drug-likeness (QED) is 0.659.